The molecule has 2 aliphatic rings. The van der Waals surface area contributed by atoms with Crippen molar-refractivity contribution in [3.05, 3.63) is 130 Å². The minimum Gasteiger partial charge on any atom is -0.497 e. The van der Waals surface area contributed by atoms with Gasteiger partial charge in [0.2, 0.25) is 0 Å². The van der Waals surface area contributed by atoms with Gasteiger partial charge in [0, 0.05) is 53.0 Å². The second-order valence-electron chi connectivity index (χ2n) is 14.5. The lowest BCUT2D eigenvalue weighted by atomic mass is 9.82. The summed E-state index contributed by atoms with van der Waals surface area (Å²) in [4.78, 5) is 30.0. The largest absolute Gasteiger partial charge is 0.497 e. The number of nitrogens with zero attached hydrogens (tertiary/aromatic N) is 4. The van der Waals surface area contributed by atoms with Crippen molar-refractivity contribution in [3.63, 3.8) is 0 Å². The Labute approximate surface area is 319 Å². The number of aryl methyl sites for hydroxylation is 1. The number of methoxy groups -OCH3 is 1. The lowest BCUT2D eigenvalue weighted by Gasteiger charge is -2.37. The topological polar surface area (TPSA) is 119 Å². The number of fused-ring (bicyclic) bond motifs is 2. The molecule has 10 nitrogen and oxygen atoms in total. The Balaban J connectivity index is 1.23. The number of carbonyl (C=O) groups is 2. The quantitative estimate of drug-likeness (QED) is 0.135. The first-order valence-electron chi connectivity index (χ1n) is 17.9. The number of hydrogen-bond acceptors (Lipinski definition) is 7. The van der Waals surface area contributed by atoms with Crippen molar-refractivity contribution in [3.8, 4) is 5.75 Å². The highest BCUT2D eigenvalue weighted by molar-refractivity contribution is 9.10. The van der Waals surface area contributed by atoms with Gasteiger partial charge in [0.25, 0.3) is 11.8 Å². The SMILES string of the molecule is COc1ccc([Si](C)(C)[C@@H]2[C@@H](CCn3cc(CCO)nn3)O[C@]3(C(=O)N(Cc4cccc(NC(=O)c5ccccc5)c4)c4ccc(Br)cc43)[C@H]2C)cc1. The third-order valence-corrected chi connectivity index (χ3v) is 15.8. The van der Waals surface area contributed by atoms with E-state index in [-0.39, 0.29) is 36.0 Å². The maximum absolute atomic E-state index is 15.2. The summed E-state index contributed by atoms with van der Waals surface area (Å²) in [6.07, 6.45) is 2.69. The van der Waals surface area contributed by atoms with E-state index in [0.717, 1.165) is 32.7 Å². The molecule has 53 heavy (non-hydrogen) atoms. The van der Waals surface area contributed by atoms with Crippen molar-refractivity contribution in [1.29, 1.82) is 0 Å². The predicted molar refractivity (Wildman–Crippen MR) is 211 cm³/mol. The van der Waals surface area contributed by atoms with Crippen molar-refractivity contribution >= 4 is 52.4 Å². The zero-order valence-corrected chi connectivity index (χ0v) is 32.9. The molecule has 1 fully saturated rings. The van der Waals surface area contributed by atoms with Gasteiger partial charge in [-0.1, -0.05) is 88.8 Å². The Hall–Kier alpha value is -4.62. The molecule has 0 bridgehead atoms. The van der Waals surface area contributed by atoms with Crippen LogP contribution in [0.3, 0.4) is 0 Å². The maximum Gasteiger partial charge on any atom is 0.264 e. The Kier molecular flexibility index (Phi) is 10.4. The monoisotopic (exact) mass is 793 g/mol. The van der Waals surface area contributed by atoms with Crippen LogP contribution < -0.4 is 20.1 Å². The molecular weight excluding hydrogens is 750 g/mol. The van der Waals surface area contributed by atoms with Gasteiger partial charge in [-0.05, 0) is 72.1 Å². The van der Waals surface area contributed by atoms with E-state index < -0.39 is 13.7 Å². The Morgan fingerprint density at radius 1 is 1.04 bits per heavy atom. The molecule has 2 N–H and O–H groups in total. The number of hydrogen-bond donors (Lipinski definition) is 2. The van der Waals surface area contributed by atoms with Crippen LogP contribution >= 0.6 is 15.9 Å². The average molecular weight is 795 g/mol. The highest BCUT2D eigenvalue weighted by atomic mass is 79.9. The zero-order valence-electron chi connectivity index (χ0n) is 30.3. The summed E-state index contributed by atoms with van der Waals surface area (Å²) in [5, 5.41) is 22.2. The van der Waals surface area contributed by atoms with Crippen LogP contribution in [0.2, 0.25) is 18.6 Å². The number of benzene rings is 4. The molecule has 2 aliphatic heterocycles. The smallest absolute Gasteiger partial charge is 0.264 e. The third-order valence-electron chi connectivity index (χ3n) is 11.0. The molecule has 0 radical (unpaired) electrons. The molecule has 0 unspecified atom stereocenters. The van der Waals surface area contributed by atoms with Crippen molar-refractivity contribution in [2.45, 2.75) is 63.2 Å². The molecule has 4 aromatic carbocycles. The maximum atomic E-state index is 15.2. The van der Waals surface area contributed by atoms with Crippen LogP contribution in [0.25, 0.3) is 0 Å². The highest BCUT2D eigenvalue weighted by Crippen LogP contribution is 2.60. The number of halogens is 1. The molecule has 0 aliphatic carbocycles. The first kappa shape index (κ1) is 36.7. The van der Waals surface area contributed by atoms with Crippen LogP contribution in [0, 0.1) is 5.92 Å². The van der Waals surface area contributed by atoms with Gasteiger partial charge in [-0.3, -0.25) is 14.3 Å². The summed E-state index contributed by atoms with van der Waals surface area (Å²) in [6, 6.07) is 31.1. The fraction of sp³-hybridized carbons (Fsp3) is 0.317. The van der Waals surface area contributed by atoms with Crippen molar-refractivity contribution < 1.29 is 24.2 Å². The fourth-order valence-corrected chi connectivity index (χ4v) is 12.8. The molecule has 3 heterocycles. The van der Waals surface area contributed by atoms with E-state index in [1.54, 1.807) is 23.9 Å². The number of anilines is 2. The second kappa shape index (κ2) is 15.0. The third kappa shape index (κ3) is 6.96. The molecule has 1 aromatic heterocycles. The van der Waals surface area contributed by atoms with Crippen LogP contribution in [-0.2, 0) is 34.6 Å². The van der Waals surface area contributed by atoms with Crippen molar-refractivity contribution in [2.75, 3.05) is 23.9 Å². The van der Waals surface area contributed by atoms with Crippen LogP contribution in [0.1, 0.15) is 40.5 Å². The van der Waals surface area contributed by atoms with Gasteiger partial charge in [-0.25, -0.2) is 0 Å². The summed E-state index contributed by atoms with van der Waals surface area (Å²) in [5.41, 5.74) is 3.36. The minimum absolute atomic E-state index is 0.00832. The summed E-state index contributed by atoms with van der Waals surface area (Å²) >= 11 is 3.70. The van der Waals surface area contributed by atoms with Crippen LogP contribution in [-0.4, -0.2) is 59.8 Å². The fourth-order valence-electron chi connectivity index (χ4n) is 8.37. The summed E-state index contributed by atoms with van der Waals surface area (Å²) in [6.45, 7) is 7.79. The van der Waals surface area contributed by atoms with Gasteiger partial charge >= 0.3 is 0 Å². The first-order valence-corrected chi connectivity index (χ1v) is 21.8. The lowest BCUT2D eigenvalue weighted by molar-refractivity contribution is -0.146. The minimum atomic E-state index is -2.34. The molecular formula is C41H44BrN5O5Si. The standard InChI is InChI=1S/C41H44BrN5O5Si/c1-27-38(53(3,4)34-16-14-33(51-2)15-17-34)37(19-21-46-26-32(20-22-48)44-45-46)52-41(27)35-24-30(42)13-18-36(35)47(40(41)50)25-28-9-8-12-31(23-28)43-39(49)29-10-6-5-7-11-29/h5-18,23-24,26-27,37-38,48H,19-22,25H2,1-4H3,(H,43,49)/t27-,37+,38-,41+/m0/s1. The number of ether oxygens (including phenoxy) is 2. The molecule has 0 saturated carbocycles. The number of rotatable bonds is 12. The van der Waals surface area contributed by atoms with Gasteiger partial charge in [0.15, 0.2) is 5.60 Å². The molecule has 2 amide bonds. The van der Waals surface area contributed by atoms with Crippen LogP contribution in [0.4, 0.5) is 11.4 Å². The van der Waals surface area contributed by atoms with Crippen LogP contribution in [0.15, 0.2) is 108 Å². The summed E-state index contributed by atoms with van der Waals surface area (Å²) in [5.74, 6) is 0.351. The number of aliphatic hydroxyl groups excluding tert-OH is 1. The number of nitrogens with one attached hydrogen (secondary N) is 1. The van der Waals surface area contributed by atoms with E-state index in [1.807, 2.05) is 83.9 Å². The normalized spacial score (nSPS) is 20.9. The van der Waals surface area contributed by atoms with Crippen LogP contribution in [0.5, 0.6) is 5.75 Å². The Morgan fingerprint density at radius 2 is 1.81 bits per heavy atom. The molecule has 4 atom stereocenters. The average Bonchev–Trinajstić information content (AvgIpc) is 3.81. The summed E-state index contributed by atoms with van der Waals surface area (Å²) < 4.78 is 15.5. The number of carbonyl (C=O) groups excluding carboxylic acids is 2. The Morgan fingerprint density at radius 3 is 2.55 bits per heavy atom. The number of aromatic nitrogens is 3. The highest BCUT2D eigenvalue weighted by Gasteiger charge is 2.66. The molecule has 7 rings (SSSR count). The molecule has 1 spiro atoms. The molecule has 5 aromatic rings. The van der Waals surface area contributed by atoms with Gasteiger partial charge < -0.3 is 24.8 Å². The zero-order chi connectivity index (χ0) is 37.3. The van der Waals surface area contributed by atoms with Crippen molar-refractivity contribution in [2.24, 2.45) is 5.92 Å². The number of aliphatic hydroxyl groups is 1. The number of amides is 2. The molecule has 274 valence electrons. The van der Waals surface area contributed by atoms with Gasteiger partial charge in [-0.15, -0.1) is 5.10 Å². The molecule has 1 saturated heterocycles. The predicted octanol–water partition coefficient (Wildman–Crippen LogP) is 6.69. The van der Waals surface area contributed by atoms with E-state index in [1.165, 1.54) is 5.19 Å². The lowest BCUT2D eigenvalue weighted by Crippen LogP contribution is -2.51. The Bertz CT molecular complexity index is 2110. The van der Waals surface area contributed by atoms with Gasteiger partial charge in [-0.2, -0.15) is 0 Å². The van der Waals surface area contributed by atoms with Crippen molar-refractivity contribution in [1.82, 2.24) is 15.0 Å². The van der Waals surface area contributed by atoms with Gasteiger partial charge in [0.1, 0.15) is 5.75 Å². The van der Waals surface area contributed by atoms with Gasteiger partial charge in [0.05, 0.1) is 39.2 Å². The van der Waals surface area contributed by atoms with E-state index in [2.05, 4.69) is 63.7 Å². The van der Waals surface area contributed by atoms with E-state index in [4.69, 9.17) is 9.47 Å². The molecule has 12 heteroatoms. The second-order valence-corrected chi connectivity index (χ2v) is 20.1. The first-order chi connectivity index (χ1) is 25.5. The van der Waals surface area contributed by atoms with E-state index >= 15 is 4.79 Å². The van der Waals surface area contributed by atoms with E-state index in [9.17, 15) is 9.90 Å². The van der Waals surface area contributed by atoms with E-state index in [0.29, 0.717) is 37.2 Å². The summed E-state index contributed by atoms with van der Waals surface area (Å²) in [7, 11) is -0.670.